The number of carbonyl (C=O) groups excluding carboxylic acids is 1. The van der Waals surface area contributed by atoms with Crippen molar-refractivity contribution in [2.24, 2.45) is 4.99 Å². The Morgan fingerprint density at radius 3 is 2.83 bits per heavy atom. The monoisotopic (exact) mass is 396 g/mol. The number of aliphatic imine (C=N–C) groups is 1. The highest BCUT2D eigenvalue weighted by atomic mass is 35.5. The van der Waals surface area contributed by atoms with E-state index in [4.69, 9.17) is 23.2 Å². The molecule has 3 rings (SSSR count). The van der Waals surface area contributed by atoms with Crippen molar-refractivity contribution in [2.45, 2.75) is 11.3 Å². The van der Waals surface area contributed by atoms with Gasteiger partial charge in [0, 0.05) is 10.9 Å². The van der Waals surface area contributed by atoms with E-state index in [-0.39, 0.29) is 27.7 Å². The summed E-state index contributed by atoms with van der Waals surface area (Å²) in [4.78, 5) is 17.0. The highest BCUT2D eigenvalue weighted by Gasteiger charge is 2.49. The van der Waals surface area contributed by atoms with Crippen LogP contribution >= 0.6 is 35.0 Å². The van der Waals surface area contributed by atoms with Crippen molar-refractivity contribution < 1.29 is 17.6 Å². The van der Waals surface area contributed by atoms with Gasteiger partial charge >= 0.3 is 0 Å². The average Bonchev–Trinajstić information content (AvgIpc) is 2.93. The lowest BCUT2D eigenvalue weighted by molar-refractivity contribution is -0.115. The summed E-state index contributed by atoms with van der Waals surface area (Å²) in [6, 6.07) is 3.76. The predicted molar refractivity (Wildman–Crippen MR) is 90.9 cm³/mol. The molecule has 2 fully saturated rings. The number of hydrogen-bond donors (Lipinski definition) is 0. The molecule has 0 aliphatic carbocycles. The first-order valence-electron chi connectivity index (χ1n) is 6.59. The lowest BCUT2D eigenvalue weighted by Crippen LogP contribution is -2.37. The molecule has 23 heavy (non-hydrogen) atoms. The van der Waals surface area contributed by atoms with Crippen molar-refractivity contribution in [3.63, 3.8) is 0 Å². The number of thioether (sulfide) groups is 1. The molecule has 2 heterocycles. The van der Waals surface area contributed by atoms with E-state index < -0.39 is 27.6 Å². The minimum Gasteiger partial charge on any atom is -0.315 e. The SMILES string of the molecule is O=C(CCl)N=C1S[C@@H]2CS(=O)(=O)C[C@H]2N1c1ccc(Cl)c(F)c1. The zero-order valence-electron chi connectivity index (χ0n) is 11.6. The van der Waals surface area contributed by atoms with Crippen molar-refractivity contribution in [3.8, 4) is 0 Å². The van der Waals surface area contributed by atoms with E-state index in [0.29, 0.717) is 10.9 Å². The highest BCUT2D eigenvalue weighted by Crippen LogP contribution is 2.41. The van der Waals surface area contributed by atoms with Crippen LogP contribution in [0.2, 0.25) is 5.02 Å². The van der Waals surface area contributed by atoms with Gasteiger partial charge in [-0.05, 0) is 18.2 Å². The summed E-state index contributed by atoms with van der Waals surface area (Å²) in [6.07, 6.45) is 0. The molecule has 2 saturated heterocycles. The fourth-order valence-electron chi connectivity index (χ4n) is 2.64. The Morgan fingerprint density at radius 1 is 1.43 bits per heavy atom. The van der Waals surface area contributed by atoms with Gasteiger partial charge in [-0.2, -0.15) is 4.99 Å². The Bertz CT molecular complexity index is 800. The summed E-state index contributed by atoms with van der Waals surface area (Å²) in [5, 5.41) is 0.0504. The summed E-state index contributed by atoms with van der Waals surface area (Å²) in [5.74, 6) is -1.50. The summed E-state index contributed by atoms with van der Waals surface area (Å²) in [5.41, 5.74) is 0.408. The number of carbonyl (C=O) groups is 1. The molecule has 2 aliphatic rings. The zero-order valence-corrected chi connectivity index (χ0v) is 14.7. The zero-order chi connectivity index (χ0) is 16.8. The minimum absolute atomic E-state index is 0.00297. The molecule has 124 valence electrons. The molecule has 1 aromatic rings. The standard InChI is InChI=1S/C13H11Cl2FN2O3S2/c14-4-12(19)17-13-18(7-1-2-8(15)9(16)3-7)10-5-23(20,21)6-11(10)22-13/h1-3,10-11H,4-6H2/t10-,11-/m1/s1. The molecule has 0 spiro atoms. The first-order valence-corrected chi connectivity index (χ1v) is 10.2. The van der Waals surface area contributed by atoms with E-state index in [2.05, 4.69) is 4.99 Å². The molecule has 0 N–H and O–H groups in total. The fraction of sp³-hybridized carbons (Fsp3) is 0.385. The number of amidine groups is 1. The van der Waals surface area contributed by atoms with Crippen LogP contribution in [0, 0.1) is 5.82 Å². The third-order valence-electron chi connectivity index (χ3n) is 3.58. The van der Waals surface area contributed by atoms with Gasteiger partial charge in [0.2, 0.25) is 0 Å². The molecular formula is C13H11Cl2FN2O3S2. The number of benzene rings is 1. The van der Waals surface area contributed by atoms with Crippen molar-refractivity contribution in [1.82, 2.24) is 0 Å². The summed E-state index contributed by atoms with van der Waals surface area (Å²) >= 11 is 12.4. The Morgan fingerprint density at radius 2 is 2.17 bits per heavy atom. The molecule has 1 amide bonds. The second-order valence-electron chi connectivity index (χ2n) is 5.19. The third-order valence-corrected chi connectivity index (χ3v) is 7.33. The quantitative estimate of drug-likeness (QED) is 0.717. The van der Waals surface area contributed by atoms with Crippen LogP contribution in [0.15, 0.2) is 23.2 Å². The van der Waals surface area contributed by atoms with Crippen LogP contribution in [-0.4, -0.2) is 48.2 Å². The Kier molecular flexibility index (Phi) is 4.61. The van der Waals surface area contributed by atoms with Crippen LogP contribution in [0.1, 0.15) is 0 Å². The molecule has 2 atom stereocenters. The van der Waals surface area contributed by atoms with Gasteiger partial charge < -0.3 is 4.90 Å². The van der Waals surface area contributed by atoms with Gasteiger partial charge in [0.1, 0.15) is 11.7 Å². The number of fused-ring (bicyclic) bond motifs is 1. The summed E-state index contributed by atoms with van der Waals surface area (Å²) in [7, 11) is -3.17. The lowest BCUT2D eigenvalue weighted by Gasteiger charge is -2.24. The Balaban J connectivity index is 2.04. The van der Waals surface area contributed by atoms with Crippen LogP contribution < -0.4 is 4.90 Å². The van der Waals surface area contributed by atoms with E-state index in [9.17, 15) is 17.6 Å². The lowest BCUT2D eigenvalue weighted by atomic mass is 10.2. The van der Waals surface area contributed by atoms with Crippen molar-refractivity contribution in [3.05, 3.63) is 29.0 Å². The summed E-state index contributed by atoms with van der Waals surface area (Å²) < 4.78 is 37.5. The second-order valence-corrected chi connectivity index (χ2v) is 9.23. The Labute approximate surface area is 146 Å². The van der Waals surface area contributed by atoms with Gasteiger partial charge in [-0.15, -0.1) is 11.6 Å². The van der Waals surface area contributed by atoms with Gasteiger partial charge in [0.15, 0.2) is 15.0 Å². The molecule has 0 unspecified atom stereocenters. The van der Waals surface area contributed by atoms with Gasteiger partial charge in [-0.3, -0.25) is 4.79 Å². The largest absolute Gasteiger partial charge is 0.315 e. The van der Waals surface area contributed by atoms with Gasteiger partial charge in [-0.1, -0.05) is 23.4 Å². The van der Waals surface area contributed by atoms with Crippen LogP contribution in [-0.2, 0) is 14.6 Å². The van der Waals surface area contributed by atoms with Crippen LogP contribution in [0.5, 0.6) is 0 Å². The van der Waals surface area contributed by atoms with E-state index >= 15 is 0 Å². The molecule has 2 aliphatic heterocycles. The number of nitrogens with zero attached hydrogens (tertiary/aromatic N) is 2. The molecule has 0 radical (unpaired) electrons. The normalized spacial score (nSPS) is 27.4. The third kappa shape index (κ3) is 3.35. The van der Waals surface area contributed by atoms with E-state index in [0.717, 1.165) is 0 Å². The average molecular weight is 397 g/mol. The predicted octanol–water partition coefficient (Wildman–Crippen LogP) is 2.32. The van der Waals surface area contributed by atoms with Gasteiger partial charge in [0.25, 0.3) is 5.91 Å². The minimum atomic E-state index is -3.17. The fourth-order valence-corrected chi connectivity index (χ4v) is 6.75. The van der Waals surface area contributed by atoms with E-state index in [1.807, 2.05) is 0 Å². The van der Waals surface area contributed by atoms with Gasteiger partial charge in [0.05, 0.1) is 22.6 Å². The molecule has 0 saturated carbocycles. The maximum absolute atomic E-state index is 13.8. The number of rotatable bonds is 2. The highest BCUT2D eigenvalue weighted by molar-refractivity contribution is 8.16. The summed E-state index contributed by atoms with van der Waals surface area (Å²) in [6.45, 7) is 0. The molecule has 5 nitrogen and oxygen atoms in total. The van der Waals surface area contributed by atoms with Crippen molar-refractivity contribution >= 4 is 61.6 Å². The van der Waals surface area contributed by atoms with Gasteiger partial charge in [-0.25, -0.2) is 12.8 Å². The molecular weight excluding hydrogens is 386 g/mol. The number of anilines is 1. The number of sulfone groups is 1. The van der Waals surface area contributed by atoms with Crippen LogP contribution in [0.25, 0.3) is 0 Å². The van der Waals surface area contributed by atoms with E-state index in [1.165, 1.54) is 23.9 Å². The first kappa shape index (κ1) is 17.0. The maximum atomic E-state index is 13.8. The Hall–Kier alpha value is -0.830. The molecule has 10 heteroatoms. The van der Waals surface area contributed by atoms with E-state index in [1.54, 1.807) is 11.0 Å². The van der Waals surface area contributed by atoms with Crippen molar-refractivity contribution in [2.75, 3.05) is 22.3 Å². The molecule has 1 aromatic carbocycles. The van der Waals surface area contributed by atoms with Crippen LogP contribution in [0.3, 0.4) is 0 Å². The molecule has 0 aromatic heterocycles. The molecule has 0 bridgehead atoms. The van der Waals surface area contributed by atoms with Crippen molar-refractivity contribution in [1.29, 1.82) is 0 Å². The number of amides is 1. The second kappa shape index (κ2) is 6.23. The number of hydrogen-bond acceptors (Lipinski definition) is 4. The number of alkyl halides is 1. The number of halogens is 3. The van der Waals surface area contributed by atoms with Crippen LogP contribution in [0.4, 0.5) is 10.1 Å². The first-order chi connectivity index (χ1) is 10.8. The maximum Gasteiger partial charge on any atom is 0.262 e. The smallest absolute Gasteiger partial charge is 0.262 e. The topological polar surface area (TPSA) is 66.8 Å².